The van der Waals surface area contributed by atoms with Crippen LogP contribution < -0.4 is 9.64 Å². The molecule has 9 nitrogen and oxygen atoms in total. The van der Waals surface area contributed by atoms with Gasteiger partial charge in [-0.25, -0.2) is 13.3 Å². The Balaban J connectivity index is 1.49. The fourth-order valence-corrected chi connectivity index (χ4v) is 6.84. The monoisotopic (exact) mass is 616 g/mol. The minimum atomic E-state index is -0.651. The third-order valence-electron chi connectivity index (χ3n) is 9.01. The molecule has 1 N–H and O–H groups in total. The maximum absolute atomic E-state index is 17.3. The van der Waals surface area contributed by atoms with Crippen molar-refractivity contribution in [2.24, 2.45) is 11.3 Å². The smallest absolute Gasteiger partial charge is 0.319 e. The summed E-state index contributed by atoms with van der Waals surface area (Å²) >= 11 is 0. The Kier molecular flexibility index (Phi) is 7.48. The van der Waals surface area contributed by atoms with E-state index in [4.69, 9.17) is 19.4 Å². The molecule has 5 aromatic rings. The number of fused-ring (bicyclic) bond motifs is 4. The maximum Gasteiger partial charge on any atom is 0.319 e. The molecule has 2 aromatic carbocycles. The van der Waals surface area contributed by atoms with Gasteiger partial charge in [0.1, 0.15) is 28.6 Å². The summed E-state index contributed by atoms with van der Waals surface area (Å²) in [6, 6.07) is 7.92. The quantitative estimate of drug-likeness (QED) is 0.233. The van der Waals surface area contributed by atoms with Gasteiger partial charge in [0.2, 0.25) is 0 Å². The molecule has 0 radical (unpaired) electrons. The van der Waals surface area contributed by atoms with E-state index in [-0.39, 0.29) is 40.1 Å². The van der Waals surface area contributed by atoms with Crippen molar-refractivity contribution in [3.63, 3.8) is 0 Å². The predicted molar refractivity (Wildman–Crippen MR) is 170 cm³/mol. The van der Waals surface area contributed by atoms with Crippen molar-refractivity contribution in [1.82, 2.24) is 24.5 Å². The van der Waals surface area contributed by atoms with Crippen LogP contribution in [0.4, 0.5) is 14.6 Å². The van der Waals surface area contributed by atoms with Gasteiger partial charge in [-0.15, -0.1) is 0 Å². The largest absolute Gasteiger partial charge is 0.508 e. The van der Waals surface area contributed by atoms with E-state index in [9.17, 15) is 5.11 Å². The third kappa shape index (κ3) is 5.31. The normalized spacial score (nSPS) is 18.3. The standard InChI is InChI=1S/C34H38F2N6O3/c1-5-23-25(35)7-6-21-14-22(43)15-24(27(21)23)31-29(36)30-28(26-8-11-37-42(26)31)32(41-12-13-44-17-20(2)16-41)39-33(38-30)45-19-34(9-10-34)18-40(3)4/h6-8,11,14-15,20,43H,5,9-10,12-13,16-19H2,1-4H3. The molecule has 1 atom stereocenters. The molecule has 45 heavy (non-hydrogen) atoms. The molecule has 7 rings (SSSR count). The van der Waals surface area contributed by atoms with Gasteiger partial charge in [-0.1, -0.05) is 19.9 Å². The van der Waals surface area contributed by atoms with Crippen LogP contribution in [0.5, 0.6) is 11.8 Å². The van der Waals surface area contributed by atoms with Gasteiger partial charge in [-0.05, 0) is 79.9 Å². The van der Waals surface area contributed by atoms with E-state index in [2.05, 4.69) is 21.8 Å². The number of aromatic nitrogens is 4. The molecule has 1 saturated heterocycles. The molecule has 236 valence electrons. The van der Waals surface area contributed by atoms with Gasteiger partial charge in [0.05, 0.1) is 36.9 Å². The molecule has 1 aliphatic carbocycles. The molecule has 3 aromatic heterocycles. The molecule has 0 spiro atoms. The van der Waals surface area contributed by atoms with E-state index in [0.717, 1.165) is 19.4 Å². The summed E-state index contributed by atoms with van der Waals surface area (Å²) in [7, 11) is 4.09. The van der Waals surface area contributed by atoms with Crippen molar-refractivity contribution in [2.45, 2.75) is 33.1 Å². The van der Waals surface area contributed by atoms with E-state index >= 15 is 8.78 Å². The Morgan fingerprint density at radius 1 is 1.13 bits per heavy atom. The number of aryl methyl sites for hydroxylation is 1. The average Bonchev–Trinajstić information content (AvgIpc) is 3.66. The van der Waals surface area contributed by atoms with Crippen molar-refractivity contribution < 1.29 is 23.4 Å². The number of hydrogen-bond donors (Lipinski definition) is 1. The maximum atomic E-state index is 17.3. The van der Waals surface area contributed by atoms with Crippen LogP contribution in [0, 0.1) is 23.0 Å². The van der Waals surface area contributed by atoms with Gasteiger partial charge in [0, 0.05) is 30.6 Å². The Morgan fingerprint density at radius 2 is 1.96 bits per heavy atom. The zero-order valence-electron chi connectivity index (χ0n) is 26.1. The number of nitrogens with zero attached hydrogens (tertiary/aromatic N) is 6. The lowest BCUT2D eigenvalue weighted by Gasteiger charge is -2.26. The summed E-state index contributed by atoms with van der Waals surface area (Å²) in [6.07, 6.45) is 4.07. The van der Waals surface area contributed by atoms with Crippen molar-refractivity contribution in [3.05, 3.63) is 53.7 Å². The first-order valence-electron chi connectivity index (χ1n) is 15.6. The molecule has 1 saturated carbocycles. The highest BCUT2D eigenvalue weighted by atomic mass is 19.1. The summed E-state index contributed by atoms with van der Waals surface area (Å²) < 4.78 is 46.0. The highest BCUT2D eigenvalue weighted by Gasteiger charge is 2.44. The van der Waals surface area contributed by atoms with Crippen LogP contribution in [-0.2, 0) is 11.2 Å². The van der Waals surface area contributed by atoms with Gasteiger partial charge in [-0.2, -0.15) is 15.1 Å². The highest BCUT2D eigenvalue weighted by molar-refractivity contribution is 6.07. The minimum absolute atomic E-state index is 0.0210. The first-order valence-corrected chi connectivity index (χ1v) is 15.6. The Morgan fingerprint density at radius 3 is 2.71 bits per heavy atom. The number of phenolic OH excluding ortho intramolecular Hbond substituents is 1. The fraction of sp³-hybridized carbons (Fsp3) is 0.441. The number of aromatic hydroxyl groups is 1. The van der Waals surface area contributed by atoms with E-state index in [0.29, 0.717) is 78.0 Å². The Hall–Kier alpha value is -4.09. The topological polar surface area (TPSA) is 88.3 Å². The van der Waals surface area contributed by atoms with E-state index < -0.39 is 5.82 Å². The fourth-order valence-electron chi connectivity index (χ4n) is 6.84. The number of phenols is 1. The lowest BCUT2D eigenvalue weighted by Crippen LogP contribution is -2.31. The zero-order chi connectivity index (χ0) is 31.5. The molecule has 2 fully saturated rings. The molecular formula is C34H38F2N6O3. The van der Waals surface area contributed by atoms with Crippen LogP contribution in [0.25, 0.3) is 38.4 Å². The number of benzene rings is 2. The van der Waals surface area contributed by atoms with Crippen LogP contribution >= 0.6 is 0 Å². The van der Waals surface area contributed by atoms with Crippen LogP contribution in [-0.4, -0.2) is 83.1 Å². The Bertz CT molecular complexity index is 1920. The molecule has 0 bridgehead atoms. The van der Waals surface area contributed by atoms with Gasteiger partial charge in [0.15, 0.2) is 5.82 Å². The number of anilines is 1. The number of halogens is 2. The third-order valence-corrected chi connectivity index (χ3v) is 9.01. The molecule has 2 aliphatic rings. The Labute approximate surface area is 260 Å². The van der Waals surface area contributed by atoms with Crippen molar-refractivity contribution in [3.8, 4) is 23.0 Å². The molecule has 11 heteroatoms. The van der Waals surface area contributed by atoms with Gasteiger partial charge >= 0.3 is 6.01 Å². The summed E-state index contributed by atoms with van der Waals surface area (Å²) in [6.45, 7) is 7.64. The van der Waals surface area contributed by atoms with Crippen molar-refractivity contribution in [1.29, 1.82) is 0 Å². The van der Waals surface area contributed by atoms with Crippen molar-refractivity contribution in [2.75, 3.05) is 58.5 Å². The van der Waals surface area contributed by atoms with Crippen LogP contribution in [0.1, 0.15) is 32.3 Å². The highest BCUT2D eigenvalue weighted by Crippen LogP contribution is 2.47. The number of pyridine rings is 1. The SMILES string of the molecule is CCc1c(F)ccc2cc(O)cc(-c3c(F)c4nc(OCC5(CN(C)C)CC5)nc(N5CCOCC(C)C5)c4c4ccnn34)c12. The van der Waals surface area contributed by atoms with Gasteiger partial charge < -0.3 is 24.4 Å². The first-order chi connectivity index (χ1) is 21.7. The van der Waals surface area contributed by atoms with Crippen LogP contribution in [0.3, 0.4) is 0 Å². The number of rotatable bonds is 8. The molecular weight excluding hydrogens is 578 g/mol. The van der Waals surface area contributed by atoms with Gasteiger partial charge in [0.25, 0.3) is 0 Å². The summed E-state index contributed by atoms with van der Waals surface area (Å²) in [5, 5.41) is 16.9. The summed E-state index contributed by atoms with van der Waals surface area (Å²) in [5.41, 5.74) is 1.55. The van der Waals surface area contributed by atoms with Crippen LogP contribution in [0.2, 0.25) is 0 Å². The minimum Gasteiger partial charge on any atom is -0.508 e. The lowest BCUT2D eigenvalue weighted by molar-refractivity contribution is 0.129. The van der Waals surface area contributed by atoms with E-state index in [1.54, 1.807) is 24.4 Å². The zero-order valence-corrected chi connectivity index (χ0v) is 26.1. The first kappa shape index (κ1) is 29.6. The number of ether oxygens (including phenoxy) is 2. The van der Waals surface area contributed by atoms with Crippen molar-refractivity contribution >= 4 is 33.0 Å². The molecule has 0 amide bonds. The summed E-state index contributed by atoms with van der Waals surface area (Å²) in [4.78, 5) is 13.9. The van der Waals surface area contributed by atoms with Crippen LogP contribution in [0.15, 0.2) is 36.5 Å². The van der Waals surface area contributed by atoms with E-state index in [1.165, 1.54) is 16.6 Å². The molecule has 1 unspecified atom stereocenters. The molecule has 1 aliphatic heterocycles. The lowest BCUT2D eigenvalue weighted by atomic mass is 9.94. The second-order valence-corrected chi connectivity index (χ2v) is 13.0. The molecule has 4 heterocycles. The van der Waals surface area contributed by atoms with Gasteiger partial charge in [-0.3, -0.25) is 0 Å². The summed E-state index contributed by atoms with van der Waals surface area (Å²) in [5.74, 6) is -0.321. The second kappa shape index (κ2) is 11.4. The number of hydrogen-bond acceptors (Lipinski definition) is 8. The van der Waals surface area contributed by atoms with E-state index in [1.807, 2.05) is 21.0 Å². The second-order valence-electron chi connectivity index (χ2n) is 13.0. The predicted octanol–water partition coefficient (Wildman–Crippen LogP) is 5.84. The average molecular weight is 617 g/mol.